The van der Waals surface area contributed by atoms with Gasteiger partial charge in [-0.1, -0.05) is 30.3 Å². The standard InChI is InChI=1S/C18H19NO3/c1-13(14-6-4-3-5-7-14)19-12-17(19)18(20)22-16-10-8-15(21-2)9-11-16/h3-11,13,17H,12H2,1-2H3/t13-,17-,19?/m0/s1. The molecule has 114 valence electrons. The number of hydrogen-bond donors (Lipinski definition) is 0. The average Bonchev–Trinajstić information content (AvgIpc) is 3.36. The molecule has 2 aromatic carbocycles. The second kappa shape index (κ2) is 6.20. The third-order valence-corrected chi connectivity index (χ3v) is 3.98. The van der Waals surface area contributed by atoms with Crippen molar-refractivity contribution in [3.63, 3.8) is 0 Å². The van der Waals surface area contributed by atoms with Crippen molar-refractivity contribution >= 4 is 5.97 Å². The Hall–Kier alpha value is -2.33. The third-order valence-electron chi connectivity index (χ3n) is 3.98. The highest BCUT2D eigenvalue weighted by Crippen LogP contribution is 2.32. The summed E-state index contributed by atoms with van der Waals surface area (Å²) in [7, 11) is 1.61. The molecule has 3 atom stereocenters. The van der Waals surface area contributed by atoms with Gasteiger partial charge in [0.05, 0.1) is 7.11 Å². The van der Waals surface area contributed by atoms with Crippen LogP contribution in [0, 0.1) is 0 Å². The van der Waals surface area contributed by atoms with E-state index in [1.165, 1.54) is 5.56 Å². The quantitative estimate of drug-likeness (QED) is 0.483. The number of carbonyl (C=O) groups is 1. The van der Waals surface area contributed by atoms with Crippen LogP contribution in [0.15, 0.2) is 54.6 Å². The maximum Gasteiger partial charge on any atom is 0.330 e. The fraction of sp³-hybridized carbons (Fsp3) is 0.278. The van der Waals surface area contributed by atoms with Crippen molar-refractivity contribution in [3.05, 3.63) is 60.2 Å². The first-order valence-electron chi connectivity index (χ1n) is 7.35. The zero-order valence-corrected chi connectivity index (χ0v) is 12.7. The van der Waals surface area contributed by atoms with Crippen LogP contribution in [0.2, 0.25) is 0 Å². The SMILES string of the molecule is COc1ccc(OC(=O)[C@@H]2CN2[C@@H](C)c2ccccc2)cc1. The van der Waals surface area contributed by atoms with Gasteiger partial charge in [-0.25, -0.2) is 4.79 Å². The molecule has 0 saturated carbocycles. The summed E-state index contributed by atoms with van der Waals surface area (Å²) in [6.45, 7) is 2.85. The fourth-order valence-electron chi connectivity index (χ4n) is 2.54. The Balaban J connectivity index is 1.58. The Labute approximate surface area is 130 Å². The molecule has 4 nitrogen and oxygen atoms in total. The van der Waals surface area contributed by atoms with Gasteiger partial charge in [-0.2, -0.15) is 0 Å². The summed E-state index contributed by atoms with van der Waals surface area (Å²) in [6.07, 6.45) is 0. The minimum atomic E-state index is -0.201. The summed E-state index contributed by atoms with van der Waals surface area (Å²) in [5, 5.41) is 0. The van der Waals surface area contributed by atoms with E-state index in [2.05, 4.69) is 24.0 Å². The summed E-state index contributed by atoms with van der Waals surface area (Å²) in [6, 6.07) is 17.3. The van der Waals surface area contributed by atoms with Gasteiger partial charge in [-0.3, -0.25) is 4.90 Å². The van der Waals surface area contributed by atoms with E-state index < -0.39 is 0 Å². The summed E-state index contributed by atoms with van der Waals surface area (Å²) in [4.78, 5) is 14.3. The summed E-state index contributed by atoms with van der Waals surface area (Å²) >= 11 is 0. The first-order chi connectivity index (χ1) is 10.7. The molecule has 4 heteroatoms. The van der Waals surface area contributed by atoms with Gasteiger partial charge in [0.2, 0.25) is 0 Å². The first-order valence-corrected chi connectivity index (χ1v) is 7.35. The number of methoxy groups -OCH3 is 1. The molecular weight excluding hydrogens is 278 g/mol. The van der Waals surface area contributed by atoms with Crippen molar-refractivity contribution in [1.29, 1.82) is 0 Å². The summed E-state index contributed by atoms with van der Waals surface area (Å²) in [5.74, 6) is 1.09. The number of hydrogen-bond acceptors (Lipinski definition) is 4. The van der Waals surface area contributed by atoms with Crippen molar-refractivity contribution in [2.75, 3.05) is 13.7 Å². The topological polar surface area (TPSA) is 38.5 Å². The van der Waals surface area contributed by atoms with E-state index in [-0.39, 0.29) is 18.1 Å². The number of esters is 1. The van der Waals surface area contributed by atoms with Gasteiger partial charge in [0.15, 0.2) is 0 Å². The zero-order chi connectivity index (χ0) is 15.5. The van der Waals surface area contributed by atoms with Crippen molar-refractivity contribution in [2.45, 2.75) is 19.0 Å². The van der Waals surface area contributed by atoms with Crippen molar-refractivity contribution in [3.8, 4) is 11.5 Å². The number of ether oxygens (including phenoxy) is 2. The van der Waals surface area contributed by atoms with E-state index in [0.717, 1.165) is 12.3 Å². The van der Waals surface area contributed by atoms with Gasteiger partial charge >= 0.3 is 5.97 Å². The van der Waals surface area contributed by atoms with Crippen LogP contribution in [0.5, 0.6) is 11.5 Å². The largest absolute Gasteiger partial charge is 0.497 e. The van der Waals surface area contributed by atoms with Crippen molar-refractivity contribution < 1.29 is 14.3 Å². The van der Waals surface area contributed by atoms with Gasteiger partial charge in [0.25, 0.3) is 0 Å². The van der Waals surface area contributed by atoms with E-state index in [1.807, 2.05) is 18.2 Å². The Morgan fingerprint density at radius 3 is 2.36 bits per heavy atom. The molecule has 1 aliphatic heterocycles. The highest BCUT2D eigenvalue weighted by Gasteiger charge is 2.45. The zero-order valence-electron chi connectivity index (χ0n) is 12.7. The van der Waals surface area contributed by atoms with Crippen molar-refractivity contribution in [1.82, 2.24) is 4.90 Å². The van der Waals surface area contributed by atoms with Crippen LogP contribution < -0.4 is 9.47 Å². The highest BCUT2D eigenvalue weighted by molar-refractivity contribution is 5.81. The highest BCUT2D eigenvalue weighted by atomic mass is 16.5. The first kappa shape index (κ1) is 14.6. The molecule has 22 heavy (non-hydrogen) atoms. The third kappa shape index (κ3) is 3.12. The lowest BCUT2D eigenvalue weighted by Gasteiger charge is -2.14. The summed E-state index contributed by atoms with van der Waals surface area (Å²) < 4.78 is 10.5. The fourth-order valence-corrected chi connectivity index (χ4v) is 2.54. The number of rotatable bonds is 5. The van der Waals surface area contributed by atoms with Crippen LogP contribution in [0.3, 0.4) is 0 Å². The number of carbonyl (C=O) groups excluding carboxylic acids is 1. The lowest BCUT2D eigenvalue weighted by atomic mass is 10.1. The van der Waals surface area contributed by atoms with Crippen LogP contribution in [-0.4, -0.2) is 30.6 Å². The van der Waals surface area contributed by atoms with E-state index in [4.69, 9.17) is 9.47 Å². The molecule has 1 aliphatic rings. The maximum atomic E-state index is 12.2. The van der Waals surface area contributed by atoms with Crippen LogP contribution in [-0.2, 0) is 4.79 Å². The predicted molar refractivity (Wildman–Crippen MR) is 84.0 cm³/mol. The average molecular weight is 297 g/mol. The molecule has 0 aromatic heterocycles. The van der Waals surface area contributed by atoms with Gasteiger partial charge in [0, 0.05) is 12.6 Å². The number of benzene rings is 2. The van der Waals surface area contributed by atoms with Gasteiger partial charge in [-0.15, -0.1) is 0 Å². The van der Waals surface area contributed by atoms with Gasteiger partial charge in [0.1, 0.15) is 17.5 Å². The van der Waals surface area contributed by atoms with Crippen LogP contribution in [0.4, 0.5) is 0 Å². The van der Waals surface area contributed by atoms with Crippen LogP contribution in [0.25, 0.3) is 0 Å². The molecule has 2 aromatic rings. The van der Waals surface area contributed by atoms with E-state index in [1.54, 1.807) is 31.4 Å². The molecule has 0 spiro atoms. The van der Waals surface area contributed by atoms with Gasteiger partial charge in [-0.05, 0) is 36.8 Å². The Bertz CT molecular complexity index is 639. The molecule has 0 bridgehead atoms. The molecule has 0 N–H and O–H groups in total. The molecule has 0 radical (unpaired) electrons. The Morgan fingerprint density at radius 2 is 1.73 bits per heavy atom. The van der Waals surface area contributed by atoms with Crippen LogP contribution in [0.1, 0.15) is 18.5 Å². The van der Waals surface area contributed by atoms with Crippen LogP contribution >= 0.6 is 0 Å². The molecule has 0 aliphatic carbocycles. The molecule has 1 fully saturated rings. The Morgan fingerprint density at radius 1 is 1.09 bits per heavy atom. The molecule has 0 amide bonds. The predicted octanol–water partition coefficient (Wildman–Crippen LogP) is 3.05. The second-order valence-corrected chi connectivity index (χ2v) is 5.40. The van der Waals surface area contributed by atoms with Crippen molar-refractivity contribution in [2.24, 2.45) is 0 Å². The normalized spacial score (nSPS) is 21.0. The molecule has 1 saturated heterocycles. The molecule has 3 rings (SSSR count). The minimum absolute atomic E-state index is 0.155. The van der Waals surface area contributed by atoms with E-state index in [9.17, 15) is 4.79 Å². The number of nitrogens with zero attached hydrogens (tertiary/aromatic N) is 1. The van der Waals surface area contributed by atoms with E-state index in [0.29, 0.717) is 5.75 Å². The lowest BCUT2D eigenvalue weighted by Crippen LogP contribution is -2.20. The van der Waals surface area contributed by atoms with E-state index >= 15 is 0 Å². The maximum absolute atomic E-state index is 12.2. The van der Waals surface area contributed by atoms with Gasteiger partial charge < -0.3 is 9.47 Å². The summed E-state index contributed by atoms with van der Waals surface area (Å²) in [5.41, 5.74) is 1.21. The monoisotopic (exact) mass is 297 g/mol. The molecule has 1 heterocycles. The molecule has 1 unspecified atom stereocenters. The second-order valence-electron chi connectivity index (χ2n) is 5.40. The lowest BCUT2D eigenvalue weighted by molar-refractivity contribution is -0.134. The molecular formula is C18H19NO3. The smallest absolute Gasteiger partial charge is 0.330 e. The minimum Gasteiger partial charge on any atom is -0.497 e. The Kier molecular flexibility index (Phi) is 4.11.